The third-order valence-corrected chi connectivity index (χ3v) is 7.36. The van der Waals surface area contributed by atoms with Crippen molar-refractivity contribution in [3.05, 3.63) is 64.2 Å². The van der Waals surface area contributed by atoms with Crippen LogP contribution < -0.4 is 4.90 Å². The van der Waals surface area contributed by atoms with Crippen LogP contribution in [0.2, 0.25) is 5.02 Å². The summed E-state index contributed by atoms with van der Waals surface area (Å²) in [6, 6.07) is 11.2. The lowest BCUT2D eigenvalue weighted by molar-refractivity contribution is -0.137. The molecule has 0 radical (unpaired) electrons. The first kappa shape index (κ1) is 19.7. The summed E-state index contributed by atoms with van der Waals surface area (Å²) in [4.78, 5) is 17.4. The van der Waals surface area contributed by atoms with Crippen molar-refractivity contribution in [3.8, 4) is 0 Å². The number of carbonyl (C=O) groups is 1. The fourth-order valence-electron chi connectivity index (χ4n) is 5.08. The molecule has 5 rings (SSSR count). The first-order chi connectivity index (χ1) is 14.2. The van der Waals surface area contributed by atoms with Gasteiger partial charge in [0.15, 0.2) is 0 Å². The van der Waals surface area contributed by atoms with Crippen molar-refractivity contribution >= 4 is 23.2 Å². The third-order valence-electron chi connectivity index (χ3n) is 7.13. The van der Waals surface area contributed by atoms with Gasteiger partial charge in [0.1, 0.15) is 0 Å². The predicted octanol–water partition coefficient (Wildman–Crippen LogP) is 5.05. The van der Waals surface area contributed by atoms with E-state index in [0.29, 0.717) is 18.1 Å². The molecule has 2 aromatic carbocycles. The molecule has 0 N–H and O–H groups in total. The van der Waals surface area contributed by atoms with Gasteiger partial charge in [-0.1, -0.05) is 29.8 Å². The lowest BCUT2D eigenvalue weighted by atomic mass is 10.0. The van der Waals surface area contributed by atoms with Gasteiger partial charge in [0, 0.05) is 42.3 Å². The summed E-state index contributed by atoms with van der Waals surface area (Å²) in [7, 11) is 0. The van der Waals surface area contributed by atoms with E-state index in [-0.39, 0.29) is 16.7 Å². The Morgan fingerprint density at radius 2 is 1.63 bits per heavy atom. The summed E-state index contributed by atoms with van der Waals surface area (Å²) >= 11 is 6.14. The molecule has 3 aliphatic rings. The monoisotopic (exact) mass is 434 g/mol. The van der Waals surface area contributed by atoms with Gasteiger partial charge >= 0.3 is 6.18 Å². The second-order valence-corrected chi connectivity index (χ2v) is 9.24. The molecule has 0 spiro atoms. The summed E-state index contributed by atoms with van der Waals surface area (Å²) in [6.45, 7) is 4.84. The lowest BCUT2D eigenvalue weighted by Gasteiger charge is -2.37. The van der Waals surface area contributed by atoms with Crippen molar-refractivity contribution in [2.75, 3.05) is 31.1 Å². The Balaban J connectivity index is 1.24. The van der Waals surface area contributed by atoms with Gasteiger partial charge in [0.05, 0.1) is 11.0 Å². The van der Waals surface area contributed by atoms with Crippen LogP contribution in [0.1, 0.15) is 29.5 Å². The zero-order chi connectivity index (χ0) is 21.3. The Bertz CT molecular complexity index is 1000. The minimum absolute atomic E-state index is 0.157. The molecule has 30 heavy (non-hydrogen) atoms. The Morgan fingerprint density at radius 3 is 2.23 bits per heavy atom. The van der Waals surface area contributed by atoms with Gasteiger partial charge in [-0.2, -0.15) is 13.2 Å². The topological polar surface area (TPSA) is 23.6 Å². The molecule has 0 aromatic heterocycles. The molecular weight excluding hydrogens is 413 g/mol. The van der Waals surface area contributed by atoms with E-state index < -0.39 is 11.7 Å². The highest BCUT2D eigenvalue weighted by Crippen LogP contribution is 2.86. The number of rotatable bonds is 3. The number of amides is 1. The SMILES string of the molecule is Cc1ccc(Cl)cc1N1CCN(C(=O)C23CC2(c2ccc(C(F)(F)F)cc2)C3)CC1. The minimum Gasteiger partial charge on any atom is -0.368 e. The number of hydrogen-bond acceptors (Lipinski definition) is 2. The highest BCUT2D eigenvalue weighted by molar-refractivity contribution is 6.30. The van der Waals surface area contributed by atoms with E-state index >= 15 is 0 Å². The van der Waals surface area contributed by atoms with Crippen molar-refractivity contribution in [3.63, 3.8) is 0 Å². The smallest absolute Gasteiger partial charge is 0.368 e. The van der Waals surface area contributed by atoms with E-state index in [4.69, 9.17) is 11.6 Å². The molecule has 0 atom stereocenters. The van der Waals surface area contributed by atoms with Crippen LogP contribution in [0, 0.1) is 12.3 Å². The summed E-state index contributed by atoms with van der Waals surface area (Å²) in [5.74, 6) is 0.157. The van der Waals surface area contributed by atoms with Gasteiger partial charge in [-0.25, -0.2) is 0 Å². The van der Waals surface area contributed by atoms with Gasteiger partial charge in [-0.15, -0.1) is 0 Å². The Kier molecular flexibility index (Phi) is 4.21. The molecule has 3 fully saturated rings. The van der Waals surface area contributed by atoms with E-state index in [1.165, 1.54) is 0 Å². The third kappa shape index (κ3) is 2.91. The number of alkyl halides is 3. The van der Waals surface area contributed by atoms with Gasteiger partial charge in [-0.3, -0.25) is 4.79 Å². The second-order valence-electron chi connectivity index (χ2n) is 8.80. The first-order valence-corrected chi connectivity index (χ1v) is 10.5. The Hall–Kier alpha value is -2.21. The van der Waals surface area contributed by atoms with E-state index in [1.807, 2.05) is 23.1 Å². The number of anilines is 1. The second kappa shape index (κ2) is 6.39. The quantitative estimate of drug-likeness (QED) is 0.675. The molecule has 1 amide bonds. The largest absolute Gasteiger partial charge is 0.416 e. The normalized spacial score (nSPS) is 27.6. The maximum Gasteiger partial charge on any atom is 0.416 e. The van der Waals surface area contributed by atoms with Crippen molar-refractivity contribution in [1.29, 1.82) is 0 Å². The average Bonchev–Trinajstić information content (AvgIpc) is 3.57. The van der Waals surface area contributed by atoms with E-state index in [0.717, 1.165) is 54.9 Å². The van der Waals surface area contributed by atoms with Gasteiger partial charge in [0.2, 0.25) is 5.91 Å². The van der Waals surface area contributed by atoms with Crippen LogP contribution in [0.15, 0.2) is 42.5 Å². The van der Waals surface area contributed by atoms with Crippen LogP contribution in [-0.4, -0.2) is 37.0 Å². The Morgan fingerprint density at radius 1 is 1.00 bits per heavy atom. The van der Waals surface area contributed by atoms with Crippen molar-refractivity contribution in [2.24, 2.45) is 5.41 Å². The zero-order valence-electron chi connectivity index (χ0n) is 16.6. The number of benzene rings is 2. The number of fused-ring (bicyclic) bond motifs is 1. The summed E-state index contributed by atoms with van der Waals surface area (Å²) in [5.41, 5.74) is 1.84. The van der Waals surface area contributed by atoms with E-state index in [1.54, 1.807) is 12.1 Å². The maximum absolute atomic E-state index is 13.2. The lowest BCUT2D eigenvalue weighted by Crippen LogP contribution is -2.50. The first-order valence-electron chi connectivity index (χ1n) is 10.1. The van der Waals surface area contributed by atoms with Crippen LogP contribution in [-0.2, 0) is 16.4 Å². The molecule has 0 unspecified atom stereocenters. The number of halogens is 4. The zero-order valence-corrected chi connectivity index (χ0v) is 17.4. The number of aryl methyl sites for hydroxylation is 1. The van der Waals surface area contributed by atoms with Crippen LogP contribution >= 0.6 is 11.6 Å². The predicted molar refractivity (Wildman–Crippen MR) is 110 cm³/mol. The molecule has 2 aromatic rings. The molecule has 1 heterocycles. The molecule has 3 nitrogen and oxygen atoms in total. The highest BCUT2D eigenvalue weighted by atomic mass is 35.5. The molecule has 7 heteroatoms. The highest BCUT2D eigenvalue weighted by Gasteiger charge is 2.87. The van der Waals surface area contributed by atoms with Crippen molar-refractivity contribution < 1.29 is 18.0 Å². The maximum atomic E-state index is 13.2. The fourth-order valence-corrected chi connectivity index (χ4v) is 5.25. The summed E-state index contributed by atoms with van der Waals surface area (Å²) < 4.78 is 38.5. The summed E-state index contributed by atoms with van der Waals surface area (Å²) in [5, 5.41) is 0.699. The van der Waals surface area contributed by atoms with Crippen molar-refractivity contribution in [2.45, 2.75) is 31.4 Å². The van der Waals surface area contributed by atoms with E-state index in [2.05, 4.69) is 11.8 Å². The number of piperazine rings is 1. The summed E-state index contributed by atoms with van der Waals surface area (Å²) in [6.07, 6.45) is -2.84. The van der Waals surface area contributed by atoms with Crippen LogP contribution in [0.25, 0.3) is 0 Å². The minimum atomic E-state index is -4.34. The molecule has 2 saturated carbocycles. The van der Waals surface area contributed by atoms with Crippen LogP contribution in [0.4, 0.5) is 18.9 Å². The van der Waals surface area contributed by atoms with E-state index in [9.17, 15) is 18.0 Å². The van der Waals surface area contributed by atoms with Gasteiger partial charge in [0.25, 0.3) is 0 Å². The standard InChI is InChI=1S/C23H22ClF3N2O/c1-15-2-7-18(24)12-19(15)28-8-10-29(11-9-28)20(30)22-13-21(22,14-22)16-3-5-17(6-4-16)23(25,26)27/h2-7,12H,8-11,13-14H2,1H3. The van der Waals surface area contributed by atoms with Gasteiger partial charge < -0.3 is 9.80 Å². The number of nitrogens with zero attached hydrogens (tertiary/aromatic N) is 2. The average molecular weight is 435 g/mol. The van der Waals surface area contributed by atoms with Crippen LogP contribution in [0.3, 0.4) is 0 Å². The number of hydrogen-bond donors (Lipinski definition) is 0. The molecule has 2 aliphatic carbocycles. The fraction of sp³-hybridized carbons (Fsp3) is 0.435. The molecule has 1 aliphatic heterocycles. The van der Waals surface area contributed by atoms with Gasteiger partial charge in [-0.05, 0) is 55.2 Å². The number of carbonyl (C=O) groups excluding carboxylic acids is 1. The molecule has 0 bridgehead atoms. The van der Waals surface area contributed by atoms with Crippen LogP contribution in [0.5, 0.6) is 0 Å². The molecule has 1 saturated heterocycles. The molecule has 158 valence electrons. The Labute approximate surface area is 178 Å². The molecular formula is C23H22ClF3N2O. The van der Waals surface area contributed by atoms with Crippen molar-refractivity contribution in [1.82, 2.24) is 4.90 Å².